The van der Waals surface area contributed by atoms with Crippen molar-refractivity contribution in [1.82, 2.24) is 10.6 Å². The van der Waals surface area contributed by atoms with Crippen molar-refractivity contribution in [1.29, 1.82) is 0 Å². The Balaban J connectivity index is 0. The number of hydrogen-bond donors (Lipinski definition) is 3. The Labute approximate surface area is 145 Å². The molecule has 4 N–H and O–H groups in total. The fourth-order valence-corrected chi connectivity index (χ4v) is 1.39. The average Bonchev–Trinajstić information content (AvgIpc) is 2.31. The van der Waals surface area contributed by atoms with Crippen LogP contribution in [0.5, 0.6) is 0 Å². The van der Waals surface area contributed by atoms with E-state index < -0.39 is 5.60 Å². The van der Waals surface area contributed by atoms with Crippen LogP contribution in [0.2, 0.25) is 0 Å². The molecule has 0 aromatic carbocycles. The SMILES string of the molecule is CCCCNC(N)=NCCCCNC(=O)OC(C)(C)C.I. The third-order valence-corrected chi connectivity index (χ3v) is 2.37. The molecule has 0 aromatic heterocycles. The van der Waals surface area contributed by atoms with Gasteiger partial charge in [0.1, 0.15) is 5.60 Å². The molecule has 0 spiro atoms. The van der Waals surface area contributed by atoms with Gasteiger partial charge in [0.05, 0.1) is 0 Å². The van der Waals surface area contributed by atoms with Crippen LogP contribution in [-0.2, 0) is 4.74 Å². The first-order valence-corrected chi connectivity index (χ1v) is 7.36. The zero-order chi connectivity index (χ0) is 15.4. The highest BCUT2D eigenvalue weighted by molar-refractivity contribution is 14.0. The van der Waals surface area contributed by atoms with Crippen LogP contribution in [-0.4, -0.2) is 37.3 Å². The van der Waals surface area contributed by atoms with Crippen LogP contribution in [0.15, 0.2) is 4.99 Å². The largest absolute Gasteiger partial charge is 0.444 e. The molecule has 0 fully saturated rings. The van der Waals surface area contributed by atoms with E-state index in [0.29, 0.717) is 19.0 Å². The topological polar surface area (TPSA) is 88.7 Å². The highest BCUT2D eigenvalue weighted by Crippen LogP contribution is 2.06. The summed E-state index contributed by atoms with van der Waals surface area (Å²) in [6.07, 6.45) is 3.59. The summed E-state index contributed by atoms with van der Waals surface area (Å²) in [5.41, 5.74) is 5.24. The number of nitrogens with one attached hydrogen (secondary N) is 2. The van der Waals surface area contributed by atoms with Crippen molar-refractivity contribution < 1.29 is 9.53 Å². The Hall–Kier alpha value is -0.730. The summed E-state index contributed by atoms with van der Waals surface area (Å²) in [5.74, 6) is 0.499. The fourth-order valence-electron chi connectivity index (χ4n) is 1.39. The minimum Gasteiger partial charge on any atom is -0.444 e. The summed E-state index contributed by atoms with van der Waals surface area (Å²) >= 11 is 0. The van der Waals surface area contributed by atoms with Crippen molar-refractivity contribution in [3.63, 3.8) is 0 Å². The summed E-state index contributed by atoms with van der Waals surface area (Å²) in [5, 5.41) is 5.77. The zero-order valence-corrected chi connectivity index (χ0v) is 16.0. The van der Waals surface area contributed by atoms with E-state index in [1.807, 2.05) is 20.8 Å². The van der Waals surface area contributed by atoms with E-state index in [-0.39, 0.29) is 30.1 Å². The third-order valence-electron chi connectivity index (χ3n) is 2.37. The average molecular weight is 414 g/mol. The number of carbonyl (C=O) groups is 1. The fraction of sp³-hybridized carbons (Fsp3) is 0.857. The molecule has 0 aliphatic rings. The highest BCUT2D eigenvalue weighted by Gasteiger charge is 2.15. The summed E-state index contributed by atoms with van der Waals surface area (Å²) in [4.78, 5) is 15.6. The first-order valence-electron chi connectivity index (χ1n) is 7.36. The first-order chi connectivity index (χ1) is 9.35. The van der Waals surface area contributed by atoms with Gasteiger partial charge in [-0.2, -0.15) is 0 Å². The lowest BCUT2D eigenvalue weighted by Crippen LogP contribution is -2.33. The van der Waals surface area contributed by atoms with Crippen molar-refractivity contribution in [2.45, 2.75) is 59.0 Å². The van der Waals surface area contributed by atoms with E-state index in [1.54, 1.807) is 0 Å². The Bertz CT molecular complexity index is 304. The van der Waals surface area contributed by atoms with Gasteiger partial charge in [0.15, 0.2) is 5.96 Å². The molecule has 1 amide bonds. The van der Waals surface area contributed by atoms with Crippen LogP contribution in [0.25, 0.3) is 0 Å². The number of rotatable bonds is 8. The number of aliphatic imine (C=N–C) groups is 1. The number of ether oxygens (including phenoxy) is 1. The van der Waals surface area contributed by atoms with Crippen molar-refractivity contribution in [3.8, 4) is 0 Å². The highest BCUT2D eigenvalue weighted by atomic mass is 127. The van der Waals surface area contributed by atoms with Crippen LogP contribution < -0.4 is 16.4 Å². The molecule has 0 bridgehead atoms. The van der Waals surface area contributed by atoms with Crippen LogP contribution in [0.3, 0.4) is 0 Å². The Kier molecular flexibility index (Phi) is 13.9. The molecule has 0 heterocycles. The lowest BCUT2D eigenvalue weighted by atomic mass is 10.2. The van der Waals surface area contributed by atoms with Gasteiger partial charge >= 0.3 is 6.09 Å². The Morgan fingerprint density at radius 3 is 2.33 bits per heavy atom. The maximum absolute atomic E-state index is 11.4. The molecule has 0 aliphatic carbocycles. The molecular formula is C14H31IN4O2. The van der Waals surface area contributed by atoms with Crippen molar-refractivity contribution in [2.24, 2.45) is 10.7 Å². The van der Waals surface area contributed by atoms with Gasteiger partial charge in [-0.15, -0.1) is 24.0 Å². The number of unbranched alkanes of at least 4 members (excludes halogenated alkanes) is 2. The van der Waals surface area contributed by atoms with Gasteiger partial charge in [-0.25, -0.2) is 4.79 Å². The molecule has 7 heteroatoms. The van der Waals surface area contributed by atoms with Gasteiger partial charge in [-0.05, 0) is 40.0 Å². The quantitative estimate of drug-likeness (QED) is 0.247. The molecule has 6 nitrogen and oxygen atoms in total. The van der Waals surface area contributed by atoms with E-state index in [2.05, 4.69) is 22.5 Å². The first kappa shape index (κ1) is 22.5. The molecule has 21 heavy (non-hydrogen) atoms. The van der Waals surface area contributed by atoms with Gasteiger partial charge in [0.2, 0.25) is 0 Å². The van der Waals surface area contributed by atoms with E-state index in [1.165, 1.54) is 0 Å². The van der Waals surface area contributed by atoms with Gasteiger partial charge in [0, 0.05) is 19.6 Å². The minimum atomic E-state index is -0.451. The van der Waals surface area contributed by atoms with Crippen molar-refractivity contribution in [2.75, 3.05) is 19.6 Å². The number of amides is 1. The minimum absolute atomic E-state index is 0. The maximum atomic E-state index is 11.4. The standard InChI is InChI=1S/C14H30N4O2.HI/c1-5-6-9-16-12(15)17-10-7-8-11-18-13(19)20-14(2,3)4;/h5-11H2,1-4H3,(H,18,19)(H3,15,16,17);1H. The number of carbonyl (C=O) groups excluding carboxylic acids is 1. The van der Waals surface area contributed by atoms with Crippen LogP contribution in [0.4, 0.5) is 4.79 Å². The molecule has 0 saturated carbocycles. The molecular weight excluding hydrogens is 383 g/mol. The van der Waals surface area contributed by atoms with Crippen LogP contribution >= 0.6 is 24.0 Å². The Morgan fingerprint density at radius 2 is 1.76 bits per heavy atom. The number of nitrogens with two attached hydrogens (primary N) is 1. The van der Waals surface area contributed by atoms with E-state index >= 15 is 0 Å². The third kappa shape index (κ3) is 17.2. The summed E-state index contributed by atoms with van der Waals surface area (Å²) in [6, 6.07) is 0. The van der Waals surface area contributed by atoms with E-state index in [0.717, 1.165) is 32.2 Å². The normalized spacial score (nSPS) is 11.5. The number of nitrogens with zero attached hydrogens (tertiary/aromatic N) is 1. The molecule has 0 unspecified atom stereocenters. The predicted octanol–water partition coefficient (Wildman–Crippen LogP) is 2.61. The predicted molar refractivity (Wildman–Crippen MR) is 98.3 cm³/mol. The molecule has 0 aliphatic heterocycles. The molecule has 0 aromatic rings. The van der Waals surface area contributed by atoms with E-state index in [4.69, 9.17) is 10.5 Å². The van der Waals surface area contributed by atoms with Gasteiger partial charge in [-0.1, -0.05) is 13.3 Å². The monoisotopic (exact) mass is 414 g/mol. The number of alkyl carbamates (subject to hydrolysis) is 1. The second-order valence-corrected chi connectivity index (χ2v) is 5.68. The number of hydrogen-bond acceptors (Lipinski definition) is 3. The molecule has 0 atom stereocenters. The maximum Gasteiger partial charge on any atom is 0.407 e. The molecule has 0 saturated heterocycles. The van der Waals surface area contributed by atoms with Gasteiger partial charge in [-0.3, -0.25) is 4.99 Å². The van der Waals surface area contributed by atoms with Crippen LogP contribution in [0.1, 0.15) is 53.4 Å². The smallest absolute Gasteiger partial charge is 0.407 e. The van der Waals surface area contributed by atoms with E-state index in [9.17, 15) is 4.79 Å². The second kappa shape index (κ2) is 13.0. The van der Waals surface area contributed by atoms with Crippen molar-refractivity contribution >= 4 is 36.0 Å². The number of halogens is 1. The van der Waals surface area contributed by atoms with Crippen LogP contribution in [0, 0.1) is 0 Å². The lowest BCUT2D eigenvalue weighted by Gasteiger charge is -2.19. The molecule has 0 radical (unpaired) electrons. The summed E-state index contributed by atoms with van der Waals surface area (Å²) in [6.45, 7) is 9.79. The second-order valence-electron chi connectivity index (χ2n) is 5.68. The van der Waals surface area contributed by atoms with Gasteiger partial charge < -0.3 is 21.1 Å². The summed E-state index contributed by atoms with van der Waals surface area (Å²) in [7, 11) is 0. The summed E-state index contributed by atoms with van der Waals surface area (Å²) < 4.78 is 5.13. The lowest BCUT2D eigenvalue weighted by molar-refractivity contribution is 0.0527. The molecule has 0 rings (SSSR count). The Morgan fingerprint density at radius 1 is 1.14 bits per heavy atom. The van der Waals surface area contributed by atoms with Gasteiger partial charge in [0.25, 0.3) is 0 Å². The molecule has 126 valence electrons. The number of guanidine groups is 1. The van der Waals surface area contributed by atoms with Crippen molar-refractivity contribution in [3.05, 3.63) is 0 Å². The zero-order valence-electron chi connectivity index (χ0n) is 13.7.